The van der Waals surface area contributed by atoms with E-state index in [2.05, 4.69) is 21.2 Å². The predicted molar refractivity (Wildman–Crippen MR) is 124 cm³/mol. The van der Waals surface area contributed by atoms with E-state index < -0.39 is 15.9 Å². The molecule has 3 aromatic carbocycles. The highest BCUT2D eigenvalue weighted by Crippen LogP contribution is 2.26. The summed E-state index contributed by atoms with van der Waals surface area (Å²) in [6, 6.07) is 20.9. The van der Waals surface area contributed by atoms with Crippen molar-refractivity contribution in [3.8, 4) is 0 Å². The van der Waals surface area contributed by atoms with Gasteiger partial charge in [-0.2, -0.15) is 0 Å². The highest BCUT2D eigenvalue weighted by atomic mass is 79.9. The maximum absolute atomic E-state index is 13.4. The lowest BCUT2D eigenvalue weighted by Gasteiger charge is -2.24. The quantitative estimate of drug-likeness (QED) is 0.501. The van der Waals surface area contributed by atoms with Gasteiger partial charge in [0.1, 0.15) is 6.54 Å². The van der Waals surface area contributed by atoms with E-state index in [1.165, 1.54) is 0 Å². The monoisotopic (exact) mass is 486 g/mol. The Morgan fingerprint density at radius 2 is 1.60 bits per heavy atom. The van der Waals surface area contributed by atoms with Gasteiger partial charge in [0.25, 0.3) is 10.0 Å². The van der Waals surface area contributed by atoms with E-state index in [9.17, 15) is 13.2 Å². The number of hydrogen-bond donors (Lipinski definition) is 1. The molecule has 0 fully saturated rings. The number of amides is 1. The van der Waals surface area contributed by atoms with E-state index in [1.807, 2.05) is 38.1 Å². The Kier molecular flexibility index (Phi) is 6.95. The van der Waals surface area contributed by atoms with Crippen molar-refractivity contribution < 1.29 is 13.2 Å². The fourth-order valence-electron chi connectivity index (χ4n) is 3.03. The molecule has 0 heterocycles. The van der Waals surface area contributed by atoms with Crippen LogP contribution in [-0.4, -0.2) is 20.9 Å². The van der Waals surface area contributed by atoms with E-state index >= 15 is 0 Å². The normalized spacial score (nSPS) is 11.2. The first-order valence-corrected chi connectivity index (χ1v) is 11.8. The molecule has 3 rings (SSSR count). The van der Waals surface area contributed by atoms with E-state index in [4.69, 9.17) is 0 Å². The summed E-state index contributed by atoms with van der Waals surface area (Å²) in [5.41, 5.74) is 3.05. The second-order valence-corrected chi connectivity index (χ2v) is 9.64. The average Bonchev–Trinajstić information content (AvgIpc) is 2.73. The van der Waals surface area contributed by atoms with Crippen LogP contribution >= 0.6 is 15.9 Å². The van der Waals surface area contributed by atoms with Crippen LogP contribution in [0.5, 0.6) is 0 Å². The molecule has 0 saturated heterocycles. The molecule has 1 N–H and O–H groups in total. The van der Waals surface area contributed by atoms with Gasteiger partial charge in [-0.25, -0.2) is 8.42 Å². The van der Waals surface area contributed by atoms with Gasteiger partial charge in [0.15, 0.2) is 0 Å². The molecule has 1 amide bonds. The van der Waals surface area contributed by atoms with Crippen LogP contribution in [0, 0.1) is 6.92 Å². The number of carbonyl (C=O) groups is 1. The number of rotatable bonds is 7. The predicted octanol–water partition coefficient (Wildman–Crippen LogP) is 5.15. The summed E-state index contributed by atoms with van der Waals surface area (Å²) in [7, 11) is -3.93. The third-order valence-electron chi connectivity index (χ3n) is 4.68. The molecular formula is C23H23BrN2O3S. The first kappa shape index (κ1) is 22.1. The van der Waals surface area contributed by atoms with Gasteiger partial charge < -0.3 is 5.32 Å². The van der Waals surface area contributed by atoms with E-state index in [-0.39, 0.29) is 11.4 Å². The van der Waals surface area contributed by atoms with Gasteiger partial charge in [-0.1, -0.05) is 58.7 Å². The molecule has 30 heavy (non-hydrogen) atoms. The summed E-state index contributed by atoms with van der Waals surface area (Å²) in [5.74, 6) is -0.408. The number of aryl methyl sites for hydroxylation is 2. The minimum atomic E-state index is -3.93. The van der Waals surface area contributed by atoms with E-state index in [0.29, 0.717) is 11.4 Å². The number of nitrogens with one attached hydrogen (secondary N) is 1. The Labute approximate surface area is 185 Å². The number of sulfonamides is 1. The van der Waals surface area contributed by atoms with Crippen LogP contribution in [-0.2, 0) is 21.2 Å². The van der Waals surface area contributed by atoms with Crippen LogP contribution in [0.15, 0.2) is 82.2 Å². The van der Waals surface area contributed by atoms with Gasteiger partial charge >= 0.3 is 0 Å². The SMILES string of the molecule is CCc1ccccc1NC(=O)CN(c1ccc(Br)cc1)S(=O)(=O)c1ccc(C)cc1. The zero-order valence-electron chi connectivity index (χ0n) is 16.8. The summed E-state index contributed by atoms with van der Waals surface area (Å²) >= 11 is 3.36. The number of para-hydroxylation sites is 1. The maximum Gasteiger partial charge on any atom is 0.264 e. The van der Waals surface area contributed by atoms with Gasteiger partial charge in [-0.05, 0) is 61.4 Å². The minimum Gasteiger partial charge on any atom is -0.324 e. The Balaban J connectivity index is 1.94. The molecule has 156 valence electrons. The second kappa shape index (κ2) is 9.45. The molecule has 0 bridgehead atoms. The zero-order valence-corrected chi connectivity index (χ0v) is 19.2. The van der Waals surface area contributed by atoms with Crippen molar-refractivity contribution in [1.29, 1.82) is 0 Å². The highest BCUT2D eigenvalue weighted by Gasteiger charge is 2.27. The Morgan fingerprint density at radius 1 is 0.967 bits per heavy atom. The molecule has 0 spiro atoms. The van der Waals surface area contributed by atoms with Crippen LogP contribution in [0.3, 0.4) is 0 Å². The van der Waals surface area contributed by atoms with Gasteiger partial charge in [0.05, 0.1) is 10.6 Å². The lowest BCUT2D eigenvalue weighted by molar-refractivity contribution is -0.114. The first-order valence-electron chi connectivity index (χ1n) is 9.54. The van der Waals surface area contributed by atoms with Gasteiger partial charge in [-0.15, -0.1) is 0 Å². The molecule has 3 aromatic rings. The third kappa shape index (κ3) is 5.09. The zero-order chi connectivity index (χ0) is 21.7. The summed E-state index contributed by atoms with van der Waals surface area (Å²) in [4.78, 5) is 13.0. The van der Waals surface area contributed by atoms with Crippen molar-refractivity contribution in [2.24, 2.45) is 0 Å². The summed E-state index contributed by atoms with van der Waals surface area (Å²) in [6.45, 7) is 3.55. The van der Waals surface area contributed by atoms with Crippen molar-refractivity contribution >= 4 is 43.2 Å². The lowest BCUT2D eigenvalue weighted by Crippen LogP contribution is -2.38. The standard InChI is InChI=1S/C23H23BrN2O3S/c1-3-18-6-4-5-7-22(18)25-23(27)16-26(20-12-10-19(24)11-13-20)30(28,29)21-14-8-17(2)9-15-21/h4-15H,3,16H2,1-2H3,(H,25,27). The highest BCUT2D eigenvalue weighted by molar-refractivity contribution is 9.10. The summed E-state index contributed by atoms with van der Waals surface area (Å²) in [6.07, 6.45) is 0.758. The molecule has 0 aromatic heterocycles. The summed E-state index contributed by atoms with van der Waals surface area (Å²) < 4.78 is 28.7. The molecule has 0 aliphatic carbocycles. The maximum atomic E-state index is 13.4. The fourth-order valence-corrected chi connectivity index (χ4v) is 4.72. The van der Waals surface area contributed by atoms with Gasteiger partial charge in [-0.3, -0.25) is 9.10 Å². The van der Waals surface area contributed by atoms with Crippen LogP contribution in [0.2, 0.25) is 0 Å². The molecule has 5 nitrogen and oxygen atoms in total. The number of anilines is 2. The molecule has 0 radical (unpaired) electrons. The van der Waals surface area contributed by atoms with Crippen LogP contribution < -0.4 is 9.62 Å². The lowest BCUT2D eigenvalue weighted by atomic mass is 10.1. The fraction of sp³-hybridized carbons (Fsp3) is 0.174. The topological polar surface area (TPSA) is 66.5 Å². The van der Waals surface area contributed by atoms with Crippen molar-refractivity contribution in [2.75, 3.05) is 16.2 Å². The Morgan fingerprint density at radius 3 is 2.23 bits per heavy atom. The Bertz CT molecular complexity index is 1130. The number of carbonyl (C=O) groups excluding carboxylic acids is 1. The van der Waals surface area contributed by atoms with Gasteiger partial charge in [0, 0.05) is 10.2 Å². The molecule has 0 atom stereocenters. The number of hydrogen-bond acceptors (Lipinski definition) is 3. The third-order valence-corrected chi connectivity index (χ3v) is 7.00. The Hall–Kier alpha value is -2.64. The smallest absolute Gasteiger partial charge is 0.264 e. The largest absolute Gasteiger partial charge is 0.324 e. The summed E-state index contributed by atoms with van der Waals surface area (Å²) in [5, 5.41) is 2.85. The molecule has 0 unspecified atom stereocenters. The van der Waals surface area contributed by atoms with Crippen molar-refractivity contribution in [3.63, 3.8) is 0 Å². The van der Waals surface area contributed by atoms with Crippen LogP contribution in [0.4, 0.5) is 11.4 Å². The number of halogens is 1. The van der Waals surface area contributed by atoms with Gasteiger partial charge in [0.2, 0.25) is 5.91 Å². The average molecular weight is 487 g/mol. The molecule has 0 saturated carbocycles. The van der Waals surface area contributed by atoms with Crippen molar-refractivity contribution in [3.05, 3.63) is 88.4 Å². The van der Waals surface area contributed by atoms with E-state index in [1.54, 1.807) is 48.5 Å². The molecule has 7 heteroatoms. The minimum absolute atomic E-state index is 0.137. The molecule has 0 aliphatic heterocycles. The first-order chi connectivity index (χ1) is 14.3. The van der Waals surface area contributed by atoms with Crippen molar-refractivity contribution in [2.45, 2.75) is 25.2 Å². The number of benzene rings is 3. The van der Waals surface area contributed by atoms with Crippen molar-refractivity contribution in [1.82, 2.24) is 0 Å². The van der Waals surface area contributed by atoms with Crippen LogP contribution in [0.1, 0.15) is 18.1 Å². The second-order valence-electron chi connectivity index (χ2n) is 6.86. The molecule has 0 aliphatic rings. The van der Waals surface area contributed by atoms with Crippen LogP contribution in [0.25, 0.3) is 0 Å². The van der Waals surface area contributed by atoms with E-state index in [0.717, 1.165) is 26.3 Å². The molecular weight excluding hydrogens is 464 g/mol. The number of nitrogens with zero attached hydrogens (tertiary/aromatic N) is 1.